The van der Waals surface area contributed by atoms with Crippen molar-refractivity contribution in [3.05, 3.63) is 63.8 Å². The summed E-state index contributed by atoms with van der Waals surface area (Å²) in [5.41, 5.74) is 3.29. The van der Waals surface area contributed by atoms with Gasteiger partial charge in [0, 0.05) is 82.5 Å². The van der Waals surface area contributed by atoms with Gasteiger partial charge in [0.1, 0.15) is 16.8 Å². The van der Waals surface area contributed by atoms with E-state index in [1.165, 1.54) is 17.8 Å². The van der Waals surface area contributed by atoms with E-state index >= 15 is 4.39 Å². The van der Waals surface area contributed by atoms with Gasteiger partial charge in [0.25, 0.3) is 11.5 Å². The molecule has 19 heteroatoms. The lowest BCUT2D eigenvalue weighted by Gasteiger charge is -2.41. The SMILES string of the molecule is CNC(=O)COc1cc2cc(Nc3nc(N4CC[C@H](CN5CCN(c6cccc7c([C@H]8CCC(=O)NC8=O)nn(C)c67)CC5)[C@@H](F)C4)ncc3Cl)cnc2n(C(C)C)c1=O. The average Bonchev–Trinajstić information content (AvgIpc) is 3.57. The number of rotatable bonds is 11. The largest absolute Gasteiger partial charge is 0.478 e. The van der Waals surface area contributed by atoms with E-state index in [1.54, 1.807) is 18.3 Å². The minimum atomic E-state index is -1.09. The molecule has 0 spiro atoms. The number of alkyl halides is 1. The highest BCUT2D eigenvalue weighted by Gasteiger charge is 2.35. The predicted octanol–water partition coefficient (Wildman–Crippen LogP) is 3.68. The molecular weight excluding hydrogens is 795 g/mol. The summed E-state index contributed by atoms with van der Waals surface area (Å²) in [5, 5.41) is 14.7. The van der Waals surface area contributed by atoms with Crippen molar-refractivity contribution in [2.45, 2.75) is 51.2 Å². The maximum atomic E-state index is 16.0. The molecule has 0 bridgehead atoms. The van der Waals surface area contributed by atoms with E-state index in [4.69, 9.17) is 21.4 Å². The van der Waals surface area contributed by atoms with Crippen LogP contribution in [0.2, 0.25) is 5.02 Å². The number of ether oxygens (including phenoxy) is 1. The van der Waals surface area contributed by atoms with E-state index in [0.717, 1.165) is 42.8 Å². The van der Waals surface area contributed by atoms with Crippen LogP contribution in [0.1, 0.15) is 50.8 Å². The summed E-state index contributed by atoms with van der Waals surface area (Å²) >= 11 is 6.55. The third-order valence-electron chi connectivity index (χ3n) is 11.6. The first-order valence-electron chi connectivity index (χ1n) is 20.2. The molecule has 3 amide bonds. The Balaban J connectivity index is 0.895. The van der Waals surface area contributed by atoms with Crippen LogP contribution in [0.25, 0.3) is 21.9 Å². The van der Waals surface area contributed by atoms with Crippen LogP contribution in [0.3, 0.4) is 0 Å². The van der Waals surface area contributed by atoms with Gasteiger partial charge >= 0.3 is 0 Å². The van der Waals surface area contributed by atoms with Crippen LogP contribution < -0.4 is 36.0 Å². The van der Waals surface area contributed by atoms with Crippen LogP contribution in [0.5, 0.6) is 5.75 Å². The zero-order valence-electron chi connectivity index (χ0n) is 34.0. The van der Waals surface area contributed by atoms with Gasteiger partial charge in [-0.2, -0.15) is 10.1 Å². The van der Waals surface area contributed by atoms with Crippen LogP contribution in [0.15, 0.2) is 47.5 Å². The molecule has 7 heterocycles. The second kappa shape index (κ2) is 17.0. The fourth-order valence-electron chi connectivity index (χ4n) is 8.46. The molecule has 8 rings (SSSR count). The number of pyridine rings is 2. The maximum Gasteiger partial charge on any atom is 0.294 e. The molecule has 3 saturated heterocycles. The molecule has 60 heavy (non-hydrogen) atoms. The number of benzene rings is 1. The van der Waals surface area contributed by atoms with E-state index in [9.17, 15) is 19.2 Å². The van der Waals surface area contributed by atoms with Crippen molar-refractivity contribution < 1.29 is 23.5 Å². The number of para-hydroxylation sites is 1. The first kappa shape index (κ1) is 40.9. The van der Waals surface area contributed by atoms with Crippen LogP contribution in [-0.4, -0.2) is 118 Å². The zero-order valence-corrected chi connectivity index (χ0v) is 34.7. The number of fused-ring (bicyclic) bond motifs is 2. The molecule has 316 valence electrons. The Morgan fingerprint density at radius 3 is 2.58 bits per heavy atom. The number of amides is 3. The summed E-state index contributed by atoms with van der Waals surface area (Å²) in [6.07, 6.45) is 3.33. The summed E-state index contributed by atoms with van der Waals surface area (Å²) in [7, 11) is 3.38. The number of nitrogens with one attached hydrogen (secondary N) is 3. The number of anilines is 4. The first-order chi connectivity index (χ1) is 28.9. The minimum absolute atomic E-state index is 0.0228. The van der Waals surface area contributed by atoms with Gasteiger partial charge in [0.05, 0.1) is 47.4 Å². The maximum absolute atomic E-state index is 16.0. The highest BCUT2D eigenvalue weighted by molar-refractivity contribution is 6.33. The zero-order chi connectivity index (χ0) is 42.2. The Bertz CT molecular complexity index is 2520. The number of piperidine rings is 2. The summed E-state index contributed by atoms with van der Waals surface area (Å²) in [5.74, 6) is -0.834. The Labute approximate surface area is 350 Å². The number of hydrogen-bond donors (Lipinski definition) is 3. The number of piperazine rings is 1. The molecule has 3 N–H and O–H groups in total. The van der Waals surface area contributed by atoms with Gasteiger partial charge in [0.2, 0.25) is 17.8 Å². The van der Waals surface area contributed by atoms with Gasteiger partial charge in [-0.1, -0.05) is 23.7 Å². The van der Waals surface area contributed by atoms with Gasteiger partial charge in [0.15, 0.2) is 18.2 Å². The van der Waals surface area contributed by atoms with Crippen molar-refractivity contribution in [1.29, 1.82) is 0 Å². The average molecular weight is 843 g/mol. The van der Waals surface area contributed by atoms with Crippen molar-refractivity contribution in [1.82, 2.24) is 44.8 Å². The van der Waals surface area contributed by atoms with Crippen molar-refractivity contribution in [2.75, 3.05) is 74.6 Å². The van der Waals surface area contributed by atoms with E-state index in [2.05, 4.69) is 46.8 Å². The number of hydrogen-bond acceptors (Lipinski definition) is 13. The smallest absolute Gasteiger partial charge is 0.294 e. The Hall–Kier alpha value is -5.88. The fourth-order valence-corrected chi connectivity index (χ4v) is 8.59. The molecule has 4 aromatic heterocycles. The van der Waals surface area contributed by atoms with Crippen molar-refractivity contribution >= 4 is 74.4 Å². The van der Waals surface area contributed by atoms with Crippen LogP contribution in [0, 0.1) is 5.92 Å². The van der Waals surface area contributed by atoms with E-state index in [-0.39, 0.29) is 53.6 Å². The second-order valence-electron chi connectivity index (χ2n) is 15.9. The first-order valence-corrected chi connectivity index (χ1v) is 20.6. The number of carbonyl (C=O) groups excluding carboxylic acids is 3. The Morgan fingerprint density at radius 2 is 1.85 bits per heavy atom. The molecule has 3 aliphatic heterocycles. The lowest BCUT2D eigenvalue weighted by molar-refractivity contribution is -0.134. The van der Waals surface area contributed by atoms with Gasteiger partial charge in [-0.3, -0.25) is 38.6 Å². The number of aryl methyl sites for hydroxylation is 1. The minimum Gasteiger partial charge on any atom is -0.478 e. The van der Waals surface area contributed by atoms with Crippen LogP contribution in [0.4, 0.5) is 27.5 Å². The molecule has 3 aliphatic rings. The summed E-state index contributed by atoms with van der Waals surface area (Å²) in [4.78, 5) is 69.7. The normalized spacial score (nSPS) is 20.2. The third kappa shape index (κ3) is 8.17. The number of aromatic nitrogens is 6. The molecule has 0 unspecified atom stereocenters. The van der Waals surface area contributed by atoms with E-state index in [1.807, 2.05) is 42.6 Å². The highest BCUT2D eigenvalue weighted by atomic mass is 35.5. The van der Waals surface area contributed by atoms with E-state index in [0.29, 0.717) is 66.5 Å². The predicted molar refractivity (Wildman–Crippen MR) is 226 cm³/mol. The lowest BCUT2D eigenvalue weighted by Crippen LogP contribution is -2.51. The van der Waals surface area contributed by atoms with Gasteiger partial charge in [-0.15, -0.1) is 0 Å². The van der Waals surface area contributed by atoms with Crippen LogP contribution in [-0.2, 0) is 21.4 Å². The third-order valence-corrected chi connectivity index (χ3v) is 11.9. The highest BCUT2D eigenvalue weighted by Crippen LogP contribution is 2.36. The molecular formula is C41H48ClFN12O5. The summed E-state index contributed by atoms with van der Waals surface area (Å²) in [6.45, 7) is 7.86. The Kier molecular flexibility index (Phi) is 11.6. The van der Waals surface area contributed by atoms with Crippen molar-refractivity contribution in [3.8, 4) is 5.75 Å². The molecule has 0 aliphatic carbocycles. The van der Waals surface area contributed by atoms with Crippen molar-refractivity contribution in [2.24, 2.45) is 13.0 Å². The molecule has 5 aromatic rings. The summed E-state index contributed by atoms with van der Waals surface area (Å²) < 4.78 is 24.9. The molecule has 0 saturated carbocycles. The summed E-state index contributed by atoms with van der Waals surface area (Å²) in [6, 6.07) is 9.17. The molecule has 0 radical (unpaired) electrons. The number of imide groups is 1. The quantitative estimate of drug-likeness (QED) is 0.164. The Morgan fingerprint density at radius 1 is 1.05 bits per heavy atom. The van der Waals surface area contributed by atoms with Gasteiger partial charge in [-0.05, 0) is 44.9 Å². The van der Waals surface area contributed by atoms with Crippen LogP contribution >= 0.6 is 11.6 Å². The van der Waals surface area contributed by atoms with Crippen molar-refractivity contribution in [3.63, 3.8) is 0 Å². The van der Waals surface area contributed by atoms with E-state index < -0.39 is 17.6 Å². The number of nitrogens with zero attached hydrogens (tertiary/aromatic N) is 9. The molecule has 17 nitrogen and oxygen atoms in total. The lowest BCUT2D eigenvalue weighted by atomic mass is 9.92. The molecule has 1 aromatic carbocycles. The topological polar surface area (TPSA) is 185 Å². The van der Waals surface area contributed by atoms with Gasteiger partial charge < -0.3 is 25.2 Å². The standard InChI is InChI=1S/C41H48ClFN12O5/c1-23(2)55-38-25(17-32(40(55)59)60-22-34(57)44-3)16-26(18-45-38)47-37-29(42)19-46-41(49-37)54-11-10-24(30(43)21-54)20-52-12-14-53(15-13-52)31-7-5-6-27-35(50-51(4)36(27)31)28-8-9-33(56)48-39(28)58/h5-7,16-19,23-24,28,30H,8-15,20-22H2,1-4H3,(H,44,57)(H,46,47,49)(H,48,56,58)/t24-,28-,30+/m1/s1. The molecule has 3 atom stereocenters. The second-order valence-corrected chi connectivity index (χ2v) is 16.3. The molecule has 3 fully saturated rings. The van der Waals surface area contributed by atoms with Gasteiger partial charge in [-0.25, -0.2) is 14.4 Å². The number of halogens is 2. The fraction of sp³-hybridized carbons (Fsp3) is 0.463. The monoisotopic (exact) mass is 842 g/mol. The number of carbonyl (C=O) groups is 3. The number of likely N-dealkylation sites (N-methyl/N-ethyl adjacent to an activating group) is 1.